The van der Waals surface area contributed by atoms with Gasteiger partial charge in [0, 0.05) is 42.0 Å². The standard InChI is InChI=1S/C26H29FN2O2/c1-18(2)20-4-6-21(7-5-20)26(30,25(3)16-29-17-25)22-12-19(13-28-14-22)15-31-24-10-8-23(27)9-11-24/h4-14,18,29-30H,15-17H2,1-3H3/t26-/m0/s1. The molecule has 5 heteroatoms. The summed E-state index contributed by atoms with van der Waals surface area (Å²) >= 11 is 0. The molecule has 1 aromatic heterocycles. The van der Waals surface area contributed by atoms with Crippen molar-refractivity contribution in [1.29, 1.82) is 0 Å². The molecule has 0 radical (unpaired) electrons. The van der Waals surface area contributed by atoms with Crippen molar-refractivity contribution in [3.05, 3.63) is 95.1 Å². The van der Waals surface area contributed by atoms with Crippen LogP contribution in [0.2, 0.25) is 0 Å². The highest BCUT2D eigenvalue weighted by Gasteiger charge is 2.53. The zero-order valence-corrected chi connectivity index (χ0v) is 18.2. The maximum Gasteiger partial charge on any atom is 0.124 e. The second-order valence-corrected chi connectivity index (χ2v) is 8.98. The molecule has 2 aromatic carbocycles. The largest absolute Gasteiger partial charge is 0.489 e. The van der Waals surface area contributed by atoms with Crippen LogP contribution in [-0.4, -0.2) is 23.2 Å². The predicted molar refractivity (Wildman–Crippen MR) is 119 cm³/mol. The van der Waals surface area contributed by atoms with Crippen molar-refractivity contribution in [3.8, 4) is 5.75 Å². The fraction of sp³-hybridized carbons (Fsp3) is 0.346. The van der Waals surface area contributed by atoms with E-state index in [1.54, 1.807) is 24.5 Å². The van der Waals surface area contributed by atoms with Gasteiger partial charge in [0.2, 0.25) is 0 Å². The van der Waals surface area contributed by atoms with Crippen LogP contribution < -0.4 is 10.1 Å². The van der Waals surface area contributed by atoms with E-state index in [2.05, 4.69) is 43.2 Å². The Hall–Kier alpha value is -2.76. The number of nitrogens with zero attached hydrogens (tertiary/aromatic N) is 1. The van der Waals surface area contributed by atoms with Gasteiger partial charge in [-0.05, 0) is 47.4 Å². The highest BCUT2D eigenvalue weighted by atomic mass is 19.1. The van der Waals surface area contributed by atoms with Gasteiger partial charge in [0.1, 0.15) is 23.8 Å². The molecule has 1 saturated heterocycles. The van der Waals surface area contributed by atoms with Gasteiger partial charge in [-0.3, -0.25) is 4.98 Å². The van der Waals surface area contributed by atoms with Crippen LogP contribution in [0, 0.1) is 11.2 Å². The van der Waals surface area contributed by atoms with E-state index in [0.29, 0.717) is 24.8 Å². The number of rotatable bonds is 7. The number of benzene rings is 2. The minimum Gasteiger partial charge on any atom is -0.489 e. The SMILES string of the molecule is CC(C)c1ccc([C@](O)(c2cncc(COc3ccc(F)cc3)c2)C2(C)CNC2)cc1. The van der Waals surface area contributed by atoms with Crippen molar-refractivity contribution < 1.29 is 14.2 Å². The van der Waals surface area contributed by atoms with Crippen LogP contribution in [-0.2, 0) is 12.2 Å². The molecule has 2 heterocycles. The molecule has 1 fully saturated rings. The molecule has 0 aliphatic carbocycles. The molecule has 4 rings (SSSR count). The molecule has 0 unspecified atom stereocenters. The van der Waals surface area contributed by atoms with E-state index in [-0.39, 0.29) is 17.8 Å². The fourth-order valence-electron chi connectivity index (χ4n) is 4.19. The number of nitrogens with one attached hydrogen (secondary N) is 1. The number of aliphatic hydroxyl groups is 1. The lowest BCUT2D eigenvalue weighted by Gasteiger charge is -2.52. The van der Waals surface area contributed by atoms with Gasteiger partial charge in [0.05, 0.1) is 0 Å². The smallest absolute Gasteiger partial charge is 0.124 e. The van der Waals surface area contributed by atoms with Crippen LogP contribution >= 0.6 is 0 Å². The summed E-state index contributed by atoms with van der Waals surface area (Å²) in [7, 11) is 0. The van der Waals surface area contributed by atoms with Gasteiger partial charge in [-0.1, -0.05) is 45.0 Å². The van der Waals surface area contributed by atoms with Gasteiger partial charge in [-0.15, -0.1) is 0 Å². The molecule has 31 heavy (non-hydrogen) atoms. The van der Waals surface area contributed by atoms with Gasteiger partial charge in [-0.25, -0.2) is 4.39 Å². The normalized spacial score (nSPS) is 17.1. The van der Waals surface area contributed by atoms with Gasteiger partial charge in [0.25, 0.3) is 0 Å². The van der Waals surface area contributed by atoms with Crippen molar-refractivity contribution in [3.63, 3.8) is 0 Å². The predicted octanol–water partition coefficient (Wildman–Crippen LogP) is 4.77. The van der Waals surface area contributed by atoms with Crippen molar-refractivity contribution in [1.82, 2.24) is 10.3 Å². The molecule has 3 aromatic rings. The first-order valence-corrected chi connectivity index (χ1v) is 10.7. The Labute approximate surface area is 183 Å². The molecular formula is C26H29FN2O2. The second-order valence-electron chi connectivity index (χ2n) is 8.98. The topological polar surface area (TPSA) is 54.4 Å². The first kappa shape index (κ1) is 21.5. The first-order valence-electron chi connectivity index (χ1n) is 10.7. The Balaban J connectivity index is 1.66. The Morgan fingerprint density at radius 2 is 1.74 bits per heavy atom. The Morgan fingerprint density at radius 3 is 2.32 bits per heavy atom. The molecule has 1 atom stereocenters. The molecule has 2 N–H and O–H groups in total. The molecule has 0 amide bonds. The number of hydrogen-bond acceptors (Lipinski definition) is 4. The van der Waals surface area contributed by atoms with E-state index in [9.17, 15) is 9.50 Å². The Morgan fingerprint density at radius 1 is 1.06 bits per heavy atom. The number of aromatic nitrogens is 1. The molecule has 0 bridgehead atoms. The zero-order chi connectivity index (χ0) is 22.1. The highest BCUT2D eigenvalue weighted by molar-refractivity contribution is 5.42. The molecule has 0 spiro atoms. The fourth-order valence-corrected chi connectivity index (χ4v) is 4.19. The van der Waals surface area contributed by atoms with E-state index < -0.39 is 5.60 Å². The van der Waals surface area contributed by atoms with Crippen molar-refractivity contribution >= 4 is 0 Å². The van der Waals surface area contributed by atoms with Gasteiger partial charge < -0.3 is 15.2 Å². The van der Waals surface area contributed by atoms with E-state index in [0.717, 1.165) is 16.7 Å². The number of ether oxygens (including phenoxy) is 1. The first-order chi connectivity index (χ1) is 14.8. The minimum atomic E-state index is -1.19. The lowest BCUT2D eigenvalue weighted by atomic mass is 9.63. The van der Waals surface area contributed by atoms with Crippen LogP contribution in [0.1, 0.15) is 48.9 Å². The average molecular weight is 421 g/mol. The third kappa shape index (κ3) is 4.08. The average Bonchev–Trinajstić information content (AvgIpc) is 2.76. The van der Waals surface area contributed by atoms with Crippen LogP contribution in [0.4, 0.5) is 4.39 Å². The van der Waals surface area contributed by atoms with Crippen LogP contribution in [0.15, 0.2) is 67.0 Å². The summed E-state index contributed by atoms with van der Waals surface area (Å²) < 4.78 is 18.9. The summed E-state index contributed by atoms with van der Waals surface area (Å²) in [4.78, 5) is 4.40. The third-order valence-corrected chi connectivity index (χ3v) is 6.33. The Kier molecular flexibility index (Phi) is 5.82. The number of halogens is 1. The van der Waals surface area contributed by atoms with E-state index in [1.165, 1.54) is 17.7 Å². The van der Waals surface area contributed by atoms with E-state index in [1.807, 2.05) is 18.2 Å². The second kappa shape index (κ2) is 8.40. The van der Waals surface area contributed by atoms with Crippen LogP contribution in [0.5, 0.6) is 5.75 Å². The molecule has 1 aliphatic heterocycles. The quantitative estimate of drug-likeness (QED) is 0.578. The van der Waals surface area contributed by atoms with Crippen molar-refractivity contribution in [2.45, 2.75) is 38.9 Å². The van der Waals surface area contributed by atoms with Gasteiger partial charge >= 0.3 is 0 Å². The lowest BCUT2D eigenvalue weighted by Crippen LogP contribution is -2.63. The molecule has 0 saturated carbocycles. The number of pyridine rings is 1. The maximum atomic E-state index is 13.1. The van der Waals surface area contributed by atoms with Gasteiger partial charge in [0.15, 0.2) is 0 Å². The summed E-state index contributed by atoms with van der Waals surface area (Å²) in [6.07, 6.45) is 3.47. The minimum absolute atomic E-state index is 0.282. The summed E-state index contributed by atoms with van der Waals surface area (Å²) in [5, 5.41) is 15.4. The summed E-state index contributed by atoms with van der Waals surface area (Å²) in [5.41, 5.74) is 2.14. The van der Waals surface area contributed by atoms with Crippen molar-refractivity contribution in [2.75, 3.05) is 13.1 Å². The monoisotopic (exact) mass is 420 g/mol. The molecule has 1 aliphatic rings. The highest BCUT2D eigenvalue weighted by Crippen LogP contribution is 2.47. The maximum absolute atomic E-state index is 13.1. The van der Waals surface area contributed by atoms with E-state index in [4.69, 9.17) is 4.74 Å². The summed E-state index contributed by atoms with van der Waals surface area (Å²) in [6.45, 7) is 8.13. The summed E-state index contributed by atoms with van der Waals surface area (Å²) in [6, 6.07) is 16.1. The van der Waals surface area contributed by atoms with Crippen LogP contribution in [0.3, 0.4) is 0 Å². The molecule has 162 valence electrons. The van der Waals surface area contributed by atoms with Crippen molar-refractivity contribution in [2.24, 2.45) is 5.41 Å². The Bertz CT molecular complexity index is 1030. The van der Waals surface area contributed by atoms with E-state index >= 15 is 0 Å². The van der Waals surface area contributed by atoms with Crippen LogP contribution in [0.25, 0.3) is 0 Å². The summed E-state index contributed by atoms with van der Waals surface area (Å²) in [5.74, 6) is 0.713. The molecular weight excluding hydrogens is 391 g/mol. The zero-order valence-electron chi connectivity index (χ0n) is 18.2. The number of hydrogen-bond donors (Lipinski definition) is 2. The lowest BCUT2D eigenvalue weighted by molar-refractivity contribution is -0.0770. The molecule has 4 nitrogen and oxygen atoms in total. The van der Waals surface area contributed by atoms with Gasteiger partial charge in [-0.2, -0.15) is 0 Å². The third-order valence-electron chi connectivity index (χ3n) is 6.33.